The zero-order valence-corrected chi connectivity index (χ0v) is 12.9. The van der Waals surface area contributed by atoms with E-state index in [1.807, 2.05) is 0 Å². The van der Waals surface area contributed by atoms with Gasteiger partial charge in [0.05, 0.1) is 12.6 Å². The molecular weight excluding hydrogens is 266 g/mol. The molecule has 0 saturated heterocycles. The number of hydrogen-bond acceptors (Lipinski definition) is 3. The minimum Gasteiger partial charge on any atom is -0.493 e. The lowest BCUT2D eigenvalue weighted by atomic mass is 9.95. The molecule has 106 valence electrons. The summed E-state index contributed by atoms with van der Waals surface area (Å²) in [6, 6.07) is 6.79. The van der Waals surface area contributed by atoms with E-state index >= 15 is 0 Å². The van der Waals surface area contributed by atoms with E-state index in [1.54, 1.807) is 11.3 Å². The third-order valence-electron chi connectivity index (χ3n) is 3.86. The Morgan fingerprint density at radius 3 is 2.95 bits per heavy atom. The van der Waals surface area contributed by atoms with Crippen LogP contribution < -0.4 is 10.1 Å². The monoisotopic (exact) mass is 287 g/mol. The maximum atomic E-state index is 5.89. The molecule has 1 aliphatic heterocycles. The first-order chi connectivity index (χ1) is 9.81. The van der Waals surface area contributed by atoms with Crippen molar-refractivity contribution in [2.24, 2.45) is 0 Å². The number of benzene rings is 1. The zero-order valence-electron chi connectivity index (χ0n) is 12.1. The van der Waals surface area contributed by atoms with E-state index in [1.165, 1.54) is 22.3 Å². The normalized spacial score (nSPS) is 14.9. The zero-order chi connectivity index (χ0) is 13.9. The number of rotatable bonds is 5. The summed E-state index contributed by atoms with van der Waals surface area (Å²) in [6.45, 7) is 6.23. The summed E-state index contributed by atoms with van der Waals surface area (Å²) in [5, 5.41) is 8.17. The molecule has 0 amide bonds. The summed E-state index contributed by atoms with van der Waals surface area (Å²) in [4.78, 5) is 0. The molecule has 1 aromatic heterocycles. The van der Waals surface area contributed by atoms with Gasteiger partial charge in [0.1, 0.15) is 5.75 Å². The van der Waals surface area contributed by atoms with Gasteiger partial charge in [-0.3, -0.25) is 0 Å². The molecule has 1 N–H and O–H groups in total. The summed E-state index contributed by atoms with van der Waals surface area (Å²) in [6.07, 6.45) is 2.17. The smallest absolute Gasteiger partial charge is 0.127 e. The third-order valence-corrected chi connectivity index (χ3v) is 4.74. The second-order valence-corrected chi connectivity index (χ2v) is 6.07. The van der Waals surface area contributed by atoms with E-state index in [0.29, 0.717) is 0 Å². The Hall–Kier alpha value is -1.32. The molecule has 3 rings (SSSR count). The highest BCUT2D eigenvalue weighted by atomic mass is 32.1. The highest BCUT2D eigenvalue weighted by molar-refractivity contribution is 7.08. The molecule has 0 radical (unpaired) electrons. The number of aryl methyl sites for hydroxylation is 1. The fraction of sp³-hybridized carbons (Fsp3) is 0.412. The van der Waals surface area contributed by atoms with E-state index in [4.69, 9.17) is 4.74 Å². The Labute approximate surface area is 124 Å². The lowest BCUT2D eigenvalue weighted by molar-refractivity contribution is 0.350. The van der Waals surface area contributed by atoms with Crippen LogP contribution in [0.5, 0.6) is 5.75 Å². The molecule has 0 fully saturated rings. The summed E-state index contributed by atoms with van der Waals surface area (Å²) in [5.74, 6) is 1.10. The van der Waals surface area contributed by atoms with Gasteiger partial charge >= 0.3 is 0 Å². The van der Waals surface area contributed by atoms with Gasteiger partial charge in [-0.1, -0.05) is 25.1 Å². The van der Waals surface area contributed by atoms with Crippen molar-refractivity contribution in [3.8, 4) is 5.75 Å². The van der Waals surface area contributed by atoms with Crippen LogP contribution in [0.2, 0.25) is 0 Å². The molecule has 0 aliphatic carbocycles. The van der Waals surface area contributed by atoms with E-state index < -0.39 is 0 Å². The first-order valence-electron chi connectivity index (χ1n) is 7.32. The minimum atomic E-state index is 0.245. The second-order valence-electron chi connectivity index (χ2n) is 5.33. The molecule has 0 bridgehead atoms. The lowest BCUT2D eigenvalue weighted by Crippen LogP contribution is -2.23. The van der Waals surface area contributed by atoms with Gasteiger partial charge < -0.3 is 10.1 Å². The van der Waals surface area contributed by atoms with Crippen molar-refractivity contribution in [1.29, 1.82) is 0 Å². The fourth-order valence-electron chi connectivity index (χ4n) is 2.81. The van der Waals surface area contributed by atoms with E-state index in [0.717, 1.165) is 31.7 Å². The maximum Gasteiger partial charge on any atom is 0.127 e. The Bertz CT molecular complexity index is 590. The molecule has 2 aromatic rings. The Kier molecular flexibility index (Phi) is 4.08. The quantitative estimate of drug-likeness (QED) is 0.894. The molecule has 20 heavy (non-hydrogen) atoms. The van der Waals surface area contributed by atoms with Crippen LogP contribution in [0.3, 0.4) is 0 Å². The summed E-state index contributed by atoms with van der Waals surface area (Å²) < 4.78 is 5.89. The van der Waals surface area contributed by atoms with Crippen molar-refractivity contribution in [2.75, 3.05) is 13.2 Å². The molecule has 1 aliphatic rings. The lowest BCUT2D eigenvalue weighted by Gasteiger charge is -2.21. The summed E-state index contributed by atoms with van der Waals surface area (Å²) >= 11 is 1.78. The Morgan fingerprint density at radius 2 is 2.20 bits per heavy atom. The van der Waals surface area contributed by atoms with Gasteiger partial charge in [-0.25, -0.2) is 0 Å². The van der Waals surface area contributed by atoms with Crippen LogP contribution >= 0.6 is 11.3 Å². The maximum absolute atomic E-state index is 5.89. The standard InChI is InChI=1S/C17H21NOS/c1-3-8-18-16(15-11-20-10-12(15)2)14-6-4-5-13-7-9-19-17(13)14/h4-6,10-11,16,18H,3,7-9H2,1-2H3. The Balaban J connectivity index is 2.02. The molecule has 1 atom stereocenters. The number of hydrogen-bond donors (Lipinski definition) is 1. The van der Waals surface area contributed by atoms with Crippen LogP contribution in [0.1, 0.15) is 41.6 Å². The number of thiophene rings is 1. The predicted molar refractivity (Wildman–Crippen MR) is 84.8 cm³/mol. The van der Waals surface area contributed by atoms with Gasteiger partial charge in [-0.2, -0.15) is 11.3 Å². The number of para-hydroxylation sites is 1. The van der Waals surface area contributed by atoms with E-state index in [2.05, 4.69) is 48.1 Å². The molecule has 0 saturated carbocycles. The summed E-state index contributed by atoms with van der Waals surface area (Å²) in [5.41, 5.74) is 5.38. The van der Waals surface area contributed by atoms with Crippen LogP contribution in [0, 0.1) is 6.92 Å². The van der Waals surface area contributed by atoms with Crippen molar-refractivity contribution in [2.45, 2.75) is 32.7 Å². The number of fused-ring (bicyclic) bond motifs is 1. The minimum absolute atomic E-state index is 0.245. The SMILES string of the molecule is CCCNC(c1cscc1C)c1cccc2c1OCC2. The van der Waals surface area contributed by atoms with Crippen LogP contribution in [0.15, 0.2) is 29.0 Å². The molecule has 3 heteroatoms. The van der Waals surface area contributed by atoms with Crippen molar-refractivity contribution in [3.63, 3.8) is 0 Å². The third kappa shape index (κ3) is 2.48. The molecule has 2 nitrogen and oxygen atoms in total. The van der Waals surface area contributed by atoms with Crippen molar-refractivity contribution in [3.05, 3.63) is 51.2 Å². The van der Waals surface area contributed by atoms with Crippen LogP contribution in [0.25, 0.3) is 0 Å². The molecule has 1 unspecified atom stereocenters. The predicted octanol–water partition coefficient (Wildman–Crippen LogP) is 4.08. The first kappa shape index (κ1) is 13.7. The first-order valence-corrected chi connectivity index (χ1v) is 8.26. The highest BCUT2D eigenvalue weighted by Crippen LogP contribution is 2.37. The number of nitrogens with one attached hydrogen (secondary N) is 1. The molecule has 0 spiro atoms. The van der Waals surface area contributed by atoms with Crippen molar-refractivity contribution in [1.82, 2.24) is 5.32 Å². The molecule has 2 heterocycles. The van der Waals surface area contributed by atoms with Crippen LogP contribution in [-0.4, -0.2) is 13.2 Å². The van der Waals surface area contributed by atoms with Crippen LogP contribution in [-0.2, 0) is 6.42 Å². The average Bonchev–Trinajstić information content (AvgIpc) is 3.09. The van der Waals surface area contributed by atoms with Crippen LogP contribution in [0.4, 0.5) is 0 Å². The second kappa shape index (κ2) is 5.98. The summed E-state index contributed by atoms with van der Waals surface area (Å²) in [7, 11) is 0. The highest BCUT2D eigenvalue weighted by Gasteiger charge is 2.24. The van der Waals surface area contributed by atoms with E-state index in [9.17, 15) is 0 Å². The Morgan fingerprint density at radius 1 is 1.30 bits per heavy atom. The van der Waals surface area contributed by atoms with Gasteiger partial charge in [-0.05, 0) is 47.3 Å². The van der Waals surface area contributed by atoms with Gasteiger partial charge in [-0.15, -0.1) is 0 Å². The van der Waals surface area contributed by atoms with Gasteiger partial charge in [0, 0.05) is 12.0 Å². The van der Waals surface area contributed by atoms with Gasteiger partial charge in [0.2, 0.25) is 0 Å². The largest absolute Gasteiger partial charge is 0.493 e. The van der Waals surface area contributed by atoms with Crippen molar-refractivity contribution >= 4 is 11.3 Å². The average molecular weight is 287 g/mol. The van der Waals surface area contributed by atoms with E-state index in [-0.39, 0.29) is 6.04 Å². The molecular formula is C17H21NOS. The topological polar surface area (TPSA) is 21.3 Å². The van der Waals surface area contributed by atoms with Crippen molar-refractivity contribution < 1.29 is 4.74 Å². The fourth-order valence-corrected chi connectivity index (χ4v) is 3.69. The number of ether oxygens (including phenoxy) is 1. The van der Waals surface area contributed by atoms with Gasteiger partial charge in [0.25, 0.3) is 0 Å². The van der Waals surface area contributed by atoms with Gasteiger partial charge in [0.15, 0.2) is 0 Å². The molecule has 1 aromatic carbocycles.